The van der Waals surface area contributed by atoms with E-state index in [0.29, 0.717) is 6.42 Å². The van der Waals surface area contributed by atoms with Crippen LogP contribution in [0.1, 0.15) is 13.3 Å². The summed E-state index contributed by atoms with van der Waals surface area (Å²) in [5.74, 6) is -0.425. The molecule has 0 saturated carbocycles. The van der Waals surface area contributed by atoms with Gasteiger partial charge in [-0.2, -0.15) is 0 Å². The number of nitrogens with one attached hydrogen (secondary N) is 1. The van der Waals surface area contributed by atoms with Crippen molar-refractivity contribution in [3.63, 3.8) is 0 Å². The van der Waals surface area contributed by atoms with E-state index in [1.807, 2.05) is 0 Å². The van der Waals surface area contributed by atoms with Gasteiger partial charge in [0.2, 0.25) is 0 Å². The Morgan fingerprint density at radius 2 is 2.30 bits per heavy atom. The highest BCUT2D eigenvalue weighted by atomic mass is 35.5. The maximum absolute atomic E-state index is 10.6. The van der Waals surface area contributed by atoms with Gasteiger partial charge in [-0.25, -0.2) is 0 Å². The maximum Gasteiger partial charge on any atom is 0.308 e. The zero-order valence-electron chi connectivity index (χ0n) is 6.09. The third kappa shape index (κ3) is 4.32. The minimum Gasteiger partial charge on any atom is -0.469 e. The molecular weight excluding hydrogens is 154 g/mol. The smallest absolute Gasteiger partial charge is 0.308 e. The van der Waals surface area contributed by atoms with Crippen LogP contribution < -0.4 is 0 Å². The molecule has 0 aromatic rings. The highest BCUT2D eigenvalue weighted by Crippen LogP contribution is 1.99. The van der Waals surface area contributed by atoms with Crippen molar-refractivity contribution in [1.82, 2.24) is 0 Å². The number of carbonyl (C=O) groups is 1. The van der Waals surface area contributed by atoms with Gasteiger partial charge < -0.3 is 10.1 Å². The molecule has 0 aliphatic heterocycles. The Balaban J connectivity index is 0. The maximum atomic E-state index is 10.6. The molecule has 3 nitrogen and oxygen atoms in total. The van der Waals surface area contributed by atoms with Gasteiger partial charge in [-0.05, 0) is 12.6 Å². The summed E-state index contributed by atoms with van der Waals surface area (Å²) in [6.45, 7) is 1.73. The van der Waals surface area contributed by atoms with E-state index < -0.39 is 0 Å². The first-order chi connectivity index (χ1) is 4.22. The highest BCUT2D eigenvalue weighted by molar-refractivity contribution is 5.85. The standard InChI is InChI=1S/C6H11NO2.ClH/c1-5(3-4-7)6(8)9-2;/h4-5,7H,3H2,1-2H3;1H. The Bertz CT molecular complexity index is 116. The van der Waals surface area contributed by atoms with Crippen molar-refractivity contribution in [2.45, 2.75) is 13.3 Å². The monoisotopic (exact) mass is 165 g/mol. The molecule has 1 N–H and O–H groups in total. The summed E-state index contributed by atoms with van der Waals surface area (Å²) in [7, 11) is 1.35. The second-order valence-electron chi connectivity index (χ2n) is 1.86. The van der Waals surface area contributed by atoms with Crippen LogP contribution in [0.5, 0.6) is 0 Å². The zero-order chi connectivity index (χ0) is 7.28. The molecule has 0 aliphatic carbocycles. The molecule has 0 spiro atoms. The minimum atomic E-state index is -0.251. The number of methoxy groups -OCH3 is 1. The first-order valence-corrected chi connectivity index (χ1v) is 2.79. The Kier molecular flexibility index (Phi) is 7.95. The summed E-state index contributed by atoms with van der Waals surface area (Å²) in [6.07, 6.45) is 1.67. The lowest BCUT2D eigenvalue weighted by Crippen LogP contribution is -2.12. The second-order valence-corrected chi connectivity index (χ2v) is 1.86. The molecule has 0 heterocycles. The SMILES string of the molecule is COC(=O)C(C)CC=N.Cl. The van der Waals surface area contributed by atoms with Crippen LogP contribution in [0.2, 0.25) is 0 Å². The Hall–Kier alpha value is -0.570. The summed E-state index contributed by atoms with van der Waals surface area (Å²) in [6, 6.07) is 0. The molecule has 0 aliphatic rings. The van der Waals surface area contributed by atoms with E-state index in [9.17, 15) is 4.79 Å². The van der Waals surface area contributed by atoms with Crippen molar-refractivity contribution in [3.05, 3.63) is 0 Å². The van der Waals surface area contributed by atoms with Gasteiger partial charge in [0.25, 0.3) is 0 Å². The largest absolute Gasteiger partial charge is 0.469 e. The van der Waals surface area contributed by atoms with Crippen molar-refractivity contribution in [3.8, 4) is 0 Å². The number of ether oxygens (including phenoxy) is 1. The van der Waals surface area contributed by atoms with E-state index in [0.717, 1.165) is 0 Å². The predicted octanol–water partition coefficient (Wildman–Crippen LogP) is 1.26. The van der Waals surface area contributed by atoms with Crippen LogP contribution in [-0.2, 0) is 9.53 Å². The molecule has 60 valence electrons. The second kappa shape index (κ2) is 6.55. The average molecular weight is 166 g/mol. The van der Waals surface area contributed by atoms with Crippen LogP contribution in [0.15, 0.2) is 0 Å². The molecule has 4 heteroatoms. The molecule has 0 aromatic carbocycles. The molecule has 0 aromatic heterocycles. The number of hydrogen-bond acceptors (Lipinski definition) is 3. The summed E-state index contributed by atoms with van der Waals surface area (Å²) < 4.78 is 4.42. The quantitative estimate of drug-likeness (QED) is 0.506. The lowest BCUT2D eigenvalue weighted by molar-refractivity contribution is -0.144. The van der Waals surface area contributed by atoms with E-state index in [1.54, 1.807) is 6.92 Å². The Morgan fingerprint density at radius 3 is 2.60 bits per heavy atom. The number of carbonyl (C=O) groups excluding carboxylic acids is 1. The molecule has 0 fully saturated rings. The van der Waals surface area contributed by atoms with E-state index in [-0.39, 0.29) is 24.3 Å². The van der Waals surface area contributed by atoms with E-state index in [2.05, 4.69) is 4.74 Å². The van der Waals surface area contributed by atoms with Gasteiger partial charge in [0.15, 0.2) is 0 Å². The Morgan fingerprint density at radius 1 is 1.80 bits per heavy atom. The highest BCUT2D eigenvalue weighted by Gasteiger charge is 2.09. The van der Waals surface area contributed by atoms with Crippen LogP contribution >= 0.6 is 12.4 Å². The molecule has 0 saturated heterocycles. The van der Waals surface area contributed by atoms with Crippen molar-refractivity contribution < 1.29 is 9.53 Å². The first kappa shape index (κ1) is 12.1. The topological polar surface area (TPSA) is 50.2 Å². The van der Waals surface area contributed by atoms with Crippen LogP contribution in [0, 0.1) is 11.3 Å². The zero-order valence-corrected chi connectivity index (χ0v) is 6.90. The van der Waals surface area contributed by atoms with Gasteiger partial charge in [0.05, 0.1) is 13.0 Å². The predicted molar refractivity (Wildman–Crippen MR) is 41.8 cm³/mol. The third-order valence-corrected chi connectivity index (χ3v) is 1.07. The van der Waals surface area contributed by atoms with Crippen molar-refractivity contribution in [2.24, 2.45) is 5.92 Å². The summed E-state index contributed by atoms with van der Waals surface area (Å²) in [5, 5.41) is 6.67. The van der Waals surface area contributed by atoms with Crippen LogP contribution in [-0.4, -0.2) is 19.3 Å². The molecule has 0 rings (SSSR count). The van der Waals surface area contributed by atoms with Gasteiger partial charge in [-0.1, -0.05) is 6.92 Å². The van der Waals surface area contributed by atoms with Gasteiger partial charge in [0.1, 0.15) is 0 Å². The average Bonchev–Trinajstić information content (AvgIpc) is 1.87. The van der Waals surface area contributed by atoms with Crippen LogP contribution in [0.4, 0.5) is 0 Å². The van der Waals surface area contributed by atoms with Crippen molar-refractivity contribution in [1.29, 1.82) is 5.41 Å². The normalized spacial score (nSPS) is 11.0. The van der Waals surface area contributed by atoms with Crippen LogP contribution in [0.3, 0.4) is 0 Å². The Labute approximate surface area is 66.7 Å². The number of rotatable bonds is 3. The summed E-state index contributed by atoms with van der Waals surface area (Å²) >= 11 is 0. The van der Waals surface area contributed by atoms with Gasteiger partial charge >= 0.3 is 5.97 Å². The van der Waals surface area contributed by atoms with E-state index >= 15 is 0 Å². The van der Waals surface area contributed by atoms with E-state index in [1.165, 1.54) is 13.3 Å². The first-order valence-electron chi connectivity index (χ1n) is 2.79. The summed E-state index contributed by atoms with van der Waals surface area (Å²) in [5.41, 5.74) is 0. The van der Waals surface area contributed by atoms with E-state index in [4.69, 9.17) is 5.41 Å². The number of halogens is 1. The molecule has 0 bridgehead atoms. The van der Waals surface area contributed by atoms with Gasteiger partial charge in [-0.15, -0.1) is 12.4 Å². The molecule has 0 radical (unpaired) electrons. The molecule has 0 amide bonds. The van der Waals surface area contributed by atoms with Gasteiger partial charge in [-0.3, -0.25) is 4.79 Å². The molecular formula is C6H12ClNO2. The fourth-order valence-corrected chi connectivity index (χ4v) is 0.474. The summed E-state index contributed by atoms with van der Waals surface area (Å²) in [4.78, 5) is 10.6. The van der Waals surface area contributed by atoms with Crippen molar-refractivity contribution in [2.75, 3.05) is 7.11 Å². The lowest BCUT2D eigenvalue weighted by Gasteiger charge is -2.03. The molecule has 10 heavy (non-hydrogen) atoms. The number of esters is 1. The minimum absolute atomic E-state index is 0. The fourth-order valence-electron chi connectivity index (χ4n) is 0.474. The third-order valence-electron chi connectivity index (χ3n) is 1.07. The van der Waals surface area contributed by atoms with Crippen LogP contribution in [0.25, 0.3) is 0 Å². The number of hydrogen-bond donors (Lipinski definition) is 1. The van der Waals surface area contributed by atoms with Crippen molar-refractivity contribution >= 4 is 24.6 Å². The fraction of sp³-hybridized carbons (Fsp3) is 0.667. The lowest BCUT2D eigenvalue weighted by atomic mass is 10.1. The molecule has 1 atom stereocenters. The molecule has 1 unspecified atom stereocenters. The van der Waals surface area contributed by atoms with Gasteiger partial charge in [0, 0.05) is 0 Å².